The summed E-state index contributed by atoms with van der Waals surface area (Å²) in [6.07, 6.45) is 0. The molecule has 0 spiro atoms. The predicted octanol–water partition coefficient (Wildman–Crippen LogP) is 0.391. The first-order valence-electron chi connectivity index (χ1n) is 6.60. The van der Waals surface area contributed by atoms with Gasteiger partial charge in [-0.2, -0.15) is 0 Å². The van der Waals surface area contributed by atoms with Gasteiger partial charge in [-0.1, -0.05) is 12.1 Å². The monoisotopic (exact) mass is 280 g/mol. The first-order valence-corrected chi connectivity index (χ1v) is 6.60. The van der Waals surface area contributed by atoms with Gasteiger partial charge in [0.25, 0.3) is 5.91 Å². The molecule has 20 heavy (non-hydrogen) atoms. The van der Waals surface area contributed by atoms with Gasteiger partial charge < -0.3 is 24.8 Å². The summed E-state index contributed by atoms with van der Waals surface area (Å²) >= 11 is 0. The van der Waals surface area contributed by atoms with Gasteiger partial charge >= 0.3 is 0 Å². The molecule has 6 nitrogen and oxygen atoms in total. The lowest BCUT2D eigenvalue weighted by molar-refractivity contribution is -0.137. The average molecular weight is 280 g/mol. The number of nitrogens with zero attached hydrogens (tertiary/aromatic N) is 1. The van der Waals surface area contributed by atoms with Gasteiger partial charge in [0.2, 0.25) is 0 Å². The third-order valence-corrected chi connectivity index (χ3v) is 3.20. The molecule has 1 aromatic rings. The van der Waals surface area contributed by atoms with Gasteiger partial charge in [-0.3, -0.25) is 4.79 Å². The predicted molar refractivity (Wildman–Crippen MR) is 73.8 cm³/mol. The van der Waals surface area contributed by atoms with Crippen LogP contribution in [0.15, 0.2) is 18.2 Å². The van der Waals surface area contributed by atoms with E-state index < -0.39 is 0 Å². The molecule has 2 N–H and O–H groups in total. The zero-order valence-electron chi connectivity index (χ0n) is 11.6. The van der Waals surface area contributed by atoms with Crippen molar-refractivity contribution in [3.05, 3.63) is 23.8 Å². The highest BCUT2D eigenvalue weighted by molar-refractivity contribution is 5.78. The van der Waals surface area contributed by atoms with Crippen molar-refractivity contribution in [2.45, 2.75) is 6.54 Å². The van der Waals surface area contributed by atoms with E-state index in [9.17, 15) is 4.79 Å². The Bertz CT molecular complexity index is 436. The number of benzene rings is 1. The Balaban J connectivity index is 2.00. The molecule has 1 aliphatic heterocycles. The van der Waals surface area contributed by atoms with Crippen molar-refractivity contribution >= 4 is 5.91 Å². The highest BCUT2D eigenvalue weighted by Gasteiger charge is 2.18. The Morgan fingerprint density at radius 1 is 1.40 bits per heavy atom. The highest BCUT2D eigenvalue weighted by Crippen LogP contribution is 2.30. The summed E-state index contributed by atoms with van der Waals surface area (Å²) in [6, 6.07) is 5.49. The van der Waals surface area contributed by atoms with E-state index in [-0.39, 0.29) is 12.5 Å². The van der Waals surface area contributed by atoms with Gasteiger partial charge in [-0.15, -0.1) is 0 Å². The van der Waals surface area contributed by atoms with Crippen LogP contribution in [-0.2, 0) is 16.1 Å². The van der Waals surface area contributed by atoms with Crippen molar-refractivity contribution in [2.24, 2.45) is 5.73 Å². The minimum absolute atomic E-state index is 0.0205. The molecule has 0 saturated carbocycles. The zero-order valence-corrected chi connectivity index (χ0v) is 11.6. The van der Waals surface area contributed by atoms with Crippen molar-refractivity contribution in [1.29, 1.82) is 0 Å². The molecule has 0 unspecified atom stereocenters. The van der Waals surface area contributed by atoms with Crippen LogP contribution < -0.4 is 15.2 Å². The maximum Gasteiger partial charge on any atom is 0.260 e. The van der Waals surface area contributed by atoms with Crippen LogP contribution in [0.3, 0.4) is 0 Å². The Kier molecular flexibility index (Phi) is 5.20. The minimum Gasteiger partial charge on any atom is -0.493 e. The van der Waals surface area contributed by atoms with Crippen LogP contribution in [0, 0.1) is 0 Å². The SMILES string of the molecule is COc1cccc(CN)c1OCC(=O)N1CCOCC1. The van der Waals surface area contributed by atoms with Gasteiger partial charge in [0.15, 0.2) is 18.1 Å². The number of carbonyl (C=O) groups excluding carboxylic acids is 1. The number of ether oxygens (including phenoxy) is 3. The zero-order chi connectivity index (χ0) is 14.4. The fraction of sp³-hybridized carbons (Fsp3) is 0.500. The van der Waals surface area contributed by atoms with Crippen LogP contribution in [0.25, 0.3) is 0 Å². The van der Waals surface area contributed by atoms with Gasteiger partial charge in [-0.05, 0) is 6.07 Å². The number of carbonyl (C=O) groups is 1. The summed E-state index contributed by atoms with van der Waals surface area (Å²) < 4.78 is 16.1. The molecule has 1 fully saturated rings. The maximum absolute atomic E-state index is 12.0. The van der Waals surface area contributed by atoms with E-state index >= 15 is 0 Å². The first-order chi connectivity index (χ1) is 9.76. The summed E-state index contributed by atoms with van der Waals surface area (Å²) in [4.78, 5) is 13.8. The summed E-state index contributed by atoms with van der Waals surface area (Å²) in [5.74, 6) is 1.07. The Hall–Kier alpha value is -1.79. The molecule has 0 radical (unpaired) electrons. The third kappa shape index (κ3) is 3.40. The molecule has 0 bridgehead atoms. The van der Waals surface area contributed by atoms with Crippen LogP contribution in [0.4, 0.5) is 0 Å². The molecule has 1 heterocycles. The summed E-state index contributed by atoms with van der Waals surface area (Å²) in [5, 5.41) is 0. The van der Waals surface area contributed by atoms with Crippen LogP contribution in [0.5, 0.6) is 11.5 Å². The number of nitrogens with two attached hydrogens (primary N) is 1. The topological polar surface area (TPSA) is 74.0 Å². The summed E-state index contributed by atoms with van der Waals surface area (Å²) in [5.41, 5.74) is 6.49. The molecule has 1 aliphatic rings. The van der Waals surface area contributed by atoms with Gasteiger partial charge in [-0.25, -0.2) is 0 Å². The second-order valence-corrected chi connectivity index (χ2v) is 4.43. The van der Waals surface area contributed by atoms with E-state index in [4.69, 9.17) is 19.9 Å². The second kappa shape index (κ2) is 7.12. The molecule has 0 atom stereocenters. The Morgan fingerprint density at radius 2 is 2.15 bits per heavy atom. The van der Waals surface area contributed by atoms with Crippen molar-refractivity contribution in [3.8, 4) is 11.5 Å². The number of hydrogen-bond acceptors (Lipinski definition) is 5. The molecule has 1 amide bonds. The molecule has 1 saturated heterocycles. The van der Waals surface area contributed by atoms with Crippen molar-refractivity contribution < 1.29 is 19.0 Å². The molecule has 2 rings (SSSR count). The molecule has 1 aromatic carbocycles. The van der Waals surface area contributed by atoms with Gasteiger partial charge in [0.05, 0.1) is 20.3 Å². The number of morpholine rings is 1. The smallest absolute Gasteiger partial charge is 0.260 e. The van der Waals surface area contributed by atoms with Crippen molar-refractivity contribution in [1.82, 2.24) is 4.90 Å². The quantitative estimate of drug-likeness (QED) is 0.844. The fourth-order valence-electron chi connectivity index (χ4n) is 2.08. The fourth-order valence-corrected chi connectivity index (χ4v) is 2.08. The second-order valence-electron chi connectivity index (χ2n) is 4.43. The van der Waals surface area contributed by atoms with E-state index in [0.29, 0.717) is 44.3 Å². The van der Waals surface area contributed by atoms with Crippen LogP contribution in [-0.4, -0.2) is 50.8 Å². The summed E-state index contributed by atoms with van der Waals surface area (Å²) in [6.45, 7) is 2.68. The van der Waals surface area contributed by atoms with E-state index in [1.54, 1.807) is 18.1 Å². The lowest BCUT2D eigenvalue weighted by Crippen LogP contribution is -2.43. The number of para-hydroxylation sites is 1. The lowest BCUT2D eigenvalue weighted by atomic mass is 10.2. The van der Waals surface area contributed by atoms with E-state index in [0.717, 1.165) is 5.56 Å². The highest BCUT2D eigenvalue weighted by atomic mass is 16.5. The Morgan fingerprint density at radius 3 is 2.80 bits per heavy atom. The third-order valence-electron chi connectivity index (χ3n) is 3.20. The summed E-state index contributed by atoms with van der Waals surface area (Å²) in [7, 11) is 1.56. The van der Waals surface area contributed by atoms with E-state index in [1.807, 2.05) is 12.1 Å². The normalized spacial score (nSPS) is 15.0. The molecule has 0 aromatic heterocycles. The molecular formula is C14H20N2O4. The van der Waals surface area contributed by atoms with Crippen molar-refractivity contribution in [2.75, 3.05) is 40.0 Å². The molecule has 110 valence electrons. The first kappa shape index (κ1) is 14.6. The number of hydrogen-bond donors (Lipinski definition) is 1. The molecular weight excluding hydrogens is 260 g/mol. The van der Waals surface area contributed by atoms with E-state index in [2.05, 4.69) is 0 Å². The van der Waals surface area contributed by atoms with Crippen molar-refractivity contribution in [3.63, 3.8) is 0 Å². The average Bonchev–Trinajstić information content (AvgIpc) is 2.52. The van der Waals surface area contributed by atoms with Crippen LogP contribution >= 0.6 is 0 Å². The standard InChI is InChI=1S/C14H20N2O4/c1-18-12-4-2-3-11(9-15)14(12)20-10-13(17)16-5-7-19-8-6-16/h2-4H,5-10,15H2,1H3. The van der Waals surface area contributed by atoms with Crippen LogP contribution in [0.2, 0.25) is 0 Å². The van der Waals surface area contributed by atoms with Crippen LogP contribution in [0.1, 0.15) is 5.56 Å². The number of amides is 1. The minimum atomic E-state index is -0.0535. The Labute approximate surface area is 118 Å². The van der Waals surface area contributed by atoms with Gasteiger partial charge in [0.1, 0.15) is 0 Å². The van der Waals surface area contributed by atoms with Gasteiger partial charge in [0, 0.05) is 25.2 Å². The molecule has 6 heteroatoms. The van der Waals surface area contributed by atoms with E-state index in [1.165, 1.54) is 0 Å². The number of methoxy groups -OCH3 is 1. The number of rotatable bonds is 5. The molecule has 0 aliphatic carbocycles. The largest absolute Gasteiger partial charge is 0.493 e. The maximum atomic E-state index is 12.0. The lowest BCUT2D eigenvalue weighted by Gasteiger charge is -2.27.